The summed E-state index contributed by atoms with van der Waals surface area (Å²) in [7, 11) is 2.90. The van der Waals surface area contributed by atoms with Crippen LogP contribution in [0.4, 0.5) is 10.5 Å². The van der Waals surface area contributed by atoms with Crippen LogP contribution in [0.1, 0.15) is 36.7 Å². The van der Waals surface area contributed by atoms with E-state index in [4.69, 9.17) is 14.2 Å². The van der Waals surface area contributed by atoms with Gasteiger partial charge in [-0.15, -0.1) is 0 Å². The number of phenolic OH excluding ortho intramolecular Hbond substituents is 1. The number of methoxy groups -OCH3 is 2. The van der Waals surface area contributed by atoms with Gasteiger partial charge in [-0.25, -0.2) is 4.79 Å². The van der Waals surface area contributed by atoms with Crippen LogP contribution in [0, 0.1) is 0 Å². The molecule has 1 aliphatic heterocycles. The van der Waals surface area contributed by atoms with E-state index in [1.807, 2.05) is 45.0 Å². The summed E-state index contributed by atoms with van der Waals surface area (Å²) in [5.41, 5.74) is 1.47. The van der Waals surface area contributed by atoms with Crippen molar-refractivity contribution >= 4 is 23.6 Å². The molecule has 34 heavy (non-hydrogen) atoms. The van der Waals surface area contributed by atoms with Gasteiger partial charge in [-0.3, -0.25) is 4.79 Å². The van der Waals surface area contributed by atoms with E-state index in [0.717, 1.165) is 11.3 Å². The maximum atomic E-state index is 12.7. The number of phenols is 1. The molecule has 8 nitrogen and oxygen atoms in total. The van der Waals surface area contributed by atoms with Crippen LogP contribution in [0.15, 0.2) is 42.5 Å². The highest BCUT2D eigenvalue weighted by Gasteiger charge is 2.26. The van der Waals surface area contributed by atoms with E-state index in [0.29, 0.717) is 31.9 Å². The third kappa shape index (κ3) is 6.21. The molecule has 0 bridgehead atoms. The van der Waals surface area contributed by atoms with Gasteiger partial charge in [0.15, 0.2) is 5.78 Å². The molecule has 2 aromatic carbocycles. The maximum Gasteiger partial charge on any atom is 0.410 e. The number of carbonyl (C=O) groups excluding carboxylic acids is 2. The van der Waals surface area contributed by atoms with E-state index in [2.05, 4.69) is 4.90 Å². The zero-order valence-electron chi connectivity index (χ0n) is 20.3. The molecule has 1 N–H and O–H groups in total. The molecule has 3 rings (SSSR count). The van der Waals surface area contributed by atoms with Crippen LogP contribution >= 0.6 is 0 Å². The molecule has 0 aromatic heterocycles. The first-order valence-electron chi connectivity index (χ1n) is 11.1. The standard InChI is InChI=1S/C26H32N2O6/c1-26(2,3)34-25(31)28-14-12-27(13-15-28)19-9-6-18(7-10-19)8-11-21(29)24-22(30)16-20(32-4)17-23(24)33-5/h6-11,16-17,30H,12-15H2,1-5H3/b11-8+. The molecular formula is C26H32N2O6. The van der Waals surface area contributed by atoms with Crippen molar-refractivity contribution in [1.82, 2.24) is 4.90 Å². The number of amides is 1. The van der Waals surface area contributed by atoms with Crippen molar-refractivity contribution in [1.29, 1.82) is 0 Å². The predicted octanol–water partition coefficient (Wildman–Crippen LogP) is 4.36. The Kier molecular flexibility index (Phi) is 7.71. The van der Waals surface area contributed by atoms with E-state index in [9.17, 15) is 14.7 Å². The number of rotatable bonds is 6. The van der Waals surface area contributed by atoms with E-state index in [1.54, 1.807) is 17.0 Å². The molecule has 182 valence electrons. The molecule has 0 radical (unpaired) electrons. The molecule has 1 saturated heterocycles. The van der Waals surface area contributed by atoms with Crippen LogP contribution in [-0.4, -0.2) is 67.9 Å². The normalized spacial score (nSPS) is 14.3. The van der Waals surface area contributed by atoms with Gasteiger partial charge in [0.25, 0.3) is 0 Å². The summed E-state index contributed by atoms with van der Waals surface area (Å²) in [6, 6.07) is 10.7. The number of nitrogens with zero attached hydrogens (tertiary/aromatic N) is 2. The molecule has 1 amide bonds. The van der Waals surface area contributed by atoms with Crippen molar-refractivity contribution in [3.63, 3.8) is 0 Å². The molecule has 2 aromatic rings. The van der Waals surface area contributed by atoms with E-state index < -0.39 is 5.60 Å². The first-order chi connectivity index (χ1) is 16.1. The Morgan fingerprint density at radius 3 is 2.18 bits per heavy atom. The highest BCUT2D eigenvalue weighted by Crippen LogP contribution is 2.34. The average molecular weight is 469 g/mol. The van der Waals surface area contributed by atoms with Gasteiger partial charge in [0.1, 0.15) is 28.4 Å². The van der Waals surface area contributed by atoms with Gasteiger partial charge in [0.05, 0.1) is 14.2 Å². The first kappa shape index (κ1) is 25.0. The second-order valence-electron chi connectivity index (χ2n) is 8.97. The lowest BCUT2D eigenvalue weighted by Crippen LogP contribution is -2.50. The second-order valence-corrected chi connectivity index (χ2v) is 8.97. The number of hydrogen-bond acceptors (Lipinski definition) is 7. The minimum atomic E-state index is -0.504. The first-order valence-corrected chi connectivity index (χ1v) is 11.1. The third-order valence-electron chi connectivity index (χ3n) is 5.37. The number of carbonyl (C=O) groups is 2. The zero-order valence-corrected chi connectivity index (χ0v) is 20.3. The Hall–Kier alpha value is -3.68. The van der Waals surface area contributed by atoms with E-state index >= 15 is 0 Å². The molecule has 0 aliphatic carbocycles. The summed E-state index contributed by atoms with van der Waals surface area (Å²) in [6.45, 7) is 8.20. The van der Waals surface area contributed by atoms with Crippen LogP contribution in [0.5, 0.6) is 17.2 Å². The van der Waals surface area contributed by atoms with Gasteiger partial charge in [-0.2, -0.15) is 0 Å². The lowest BCUT2D eigenvalue weighted by atomic mass is 10.1. The monoisotopic (exact) mass is 468 g/mol. The molecule has 0 saturated carbocycles. The van der Waals surface area contributed by atoms with Gasteiger partial charge in [0, 0.05) is 44.0 Å². The molecular weight excluding hydrogens is 436 g/mol. The highest BCUT2D eigenvalue weighted by molar-refractivity contribution is 6.10. The molecule has 0 unspecified atom stereocenters. The number of ether oxygens (including phenoxy) is 3. The van der Waals surface area contributed by atoms with Gasteiger partial charge in [0.2, 0.25) is 0 Å². The Morgan fingerprint density at radius 2 is 1.62 bits per heavy atom. The number of aromatic hydroxyl groups is 1. The summed E-state index contributed by atoms with van der Waals surface area (Å²) in [5, 5.41) is 10.2. The third-order valence-corrected chi connectivity index (χ3v) is 5.37. The van der Waals surface area contributed by atoms with Gasteiger partial charge in [-0.1, -0.05) is 18.2 Å². The minimum absolute atomic E-state index is 0.0824. The lowest BCUT2D eigenvalue weighted by molar-refractivity contribution is 0.0240. The summed E-state index contributed by atoms with van der Waals surface area (Å²) in [5.74, 6) is 0.0656. The second kappa shape index (κ2) is 10.5. The fraction of sp³-hybridized carbons (Fsp3) is 0.385. The van der Waals surface area contributed by atoms with E-state index in [-0.39, 0.29) is 28.9 Å². The number of benzene rings is 2. The SMILES string of the molecule is COc1cc(O)c(C(=O)/C=C/c2ccc(N3CCN(C(=O)OC(C)(C)C)CC3)cc2)c(OC)c1. The number of anilines is 1. The molecule has 1 heterocycles. The fourth-order valence-electron chi connectivity index (χ4n) is 3.63. The average Bonchev–Trinajstić information content (AvgIpc) is 2.81. The minimum Gasteiger partial charge on any atom is -0.507 e. The van der Waals surface area contributed by atoms with Crippen LogP contribution in [0.2, 0.25) is 0 Å². The topological polar surface area (TPSA) is 88.5 Å². The summed E-state index contributed by atoms with van der Waals surface area (Å²) in [4.78, 5) is 28.9. The fourth-order valence-corrected chi connectivity index (χ4v) is 3.63. The Morgan fingerprint density at radius 1 is 0.971 bits per heavy atom. The maximum absolute atomic E-state index is 12.7. The van der Waals surface area contributed by atoms with Crippen molar-refractivity contribution < 1.29 is 28.9 Å². The van der Waals surface area contributed by atoms with Crippen LogP contribution in [-0.2, 0) is 4.74 Å². The molecule has 8 heteroatoms. The lowest BCUT2D eigenvalue weighted by Gasteiger charge is -2.36. The van der Waals surface area contributed by atoms with Crippen molar-refractivity contribution in [2.45, 2.75) is 26.4 Å². The Balaban J connectivity index is 1.62. The van der Waals surface area contributed by atoms with Crippen LogP contribution < -0.4 is 14.4 Å². The van der Waals surface area contributed by atoms with Crippen molar-refractivity contribution in [3.8, 4) is 17.2 Å². The molecule has 1 fully saturated rings. The highest BCUT2D eigenvalue weighted by atomic mass is 16.6. The molecule has 0 atom stereocenters. The smallest absolute Gasteiger partial charge is 0.410 e. The number of piperazine rings is 1. The quantitative estimate of drug-likeness (QED) is 0.498. The van der Waals surface area contributed by atoms with Crippen molar-refractivity contribution in [2.75, 3.05) is 45.3 Å². The summed E-state index contributed by atoms with van der Waals surface area (Å²) >= 11 is 0. The summed E-state index contributed by atoms with van der Waals surface area (Å²) in [6.07, 6.45) is 2.81. The van der Waals surface area contributed by atoms with Gasteiger partial charge in [-0.05, 0) is 44.5 Å². The van der Waals surface area contributed by atoms with Gasteiger partial charge >= 0.3 is 6.09 Å². The van der Waals surface area contributed by atoms with Crippen molar-refractivity contribution in [2.24, 2.45) is 0 Å². The molecule has 0 spiro atoms. The zero-order chi connectivity index (χ0) is 24.9. The summed E-state index contributed by atoms with van der Waals surface area (Å²) < 4.78 is 15.8. The predicted molar refractivity (Wildman–Crippen MR) is 131 cm³/mol. The number of hydrogen-bond donors (Lipinski definition) is 1. The van der Waals surface area contributed by atoms with Gasteiger partial charge < -0.3 is 29.1 Å². The van der Waals surface area contributed by atoms with Crippen LogP contribution in [0.3, 0.4) is 0 Å². The number of ketones is 1. The number of allylic oxidation sites excluding steroid dienone is 1. The Bertz CT molecular complexity index is 1050. The van der Waals surface area contributed by atoms with E-state index in [1.165, 1.54) is 26.4 Å². The molecule has 1 aliphatic rings. The Labute approximate surface area is 200 Å². The van der Waals surface area contributed by atoms with Crippen molar-refractivity contribution in [3.05, 3.63) is 53.6 Å². The van der Waals surface area contributed by atoms with Crippen LogP contribution in [0.25, 0.3) is 6.08 Å². The largest absolute Gasteiger partial charge is 0.507 e.